The third kappa shape index (κ3) is 3.98. The molecule has 0 aliphatic heterocycles. The SMILES string of the molecule is CN(C)Cc1ccccc1-c1ccc(C(=O)O)cc1.[Li]. The van der Waals surface area contributed by atoms with Crippen LogP contribution in [0.15, 0.2) is 48.5 Å². The summed E-state index contributed by atoms with van der Waals surface area (Å²) in [6.07, 6.45) is 0. The molecule has 0 unspecified atom stereocenters. The zero-order chi connectivity index (χ0) is 13.8. The molecule has 0 bridgehead atoms. The van der Waals surface area contributed by atoms with Gasteiger partial charge in [-0.3, -0.25) is 0 Å². The second kappa shape index (κ2) is 7.30. The van der Waals surface area contributed by atoms with Gasteiger partial charge in [0.05, 0.1) is 5.56 Å². The molecule has 0 aliphatic rings. The smallest absolute Gasteiger partial charge is 0.335 e. The predicted octanol–water partition coefficient (Wildman–Crippen LogP) is 2.73. The van der Waals surface area contributed by atoms with Crippen LogP contribution in [-0.2, 0) is 6.54 Å². The maximum absolute atomic E-state index is 10.9. The van der Waals surface area contributed by atoms with Gasteiger partial charge in [-0.15, -0.1) is 0 Å². The van der Waals surface area contributed by atoms with Crippen molar-refractivity contribution in [2.24, 2.45) is 0 Å². The summed E-state index contributed by atoms with van der Waals surface area (Å²) in [5, 5.41) is 8.91. The summed E-state index contributed by atoms with van der Waals surface area (Å²) in [4.78, 5) is 13.0. The molecular formula is C16H17LiNO2. The molecule has 0 saturated carbocycles. The van der Waals surface area contributed by atoms with Crippen LogP contribution in [0.1, 0.15) is 15.9 Å². The summed E-state index contributed by atoms with van der Waals surface area (Å²) >= 11 is 0. The van der Waals surface area contributed by atoms with Crippen molar-refractivity contribution >= 4 is 24.8 Å². The van der Waals surface area contributed by atoms with Crippen molar-refractivity contribution < 1.29 is 9.90 Å². The van der Waals surface area contributed by atoms with E-state index in [4.69, 9.17) is 5.11 Å². The molecule has 3 nitrogen and oxygen atoms in total. The number of aromatic carboxylic acids is 1. The molecule has 2 aromatic carbocycles. The Morgan fingerprint density at radius 3 is 2.20 bits per heavy atom. The Morgan fingerprint density at radius 2 is 1.65 bits per heavy atom. The Kier molecular flexibility index (Phi) is 6.03. The summed E-state index contributed by atoms with van der Waals surface area (Å²) in [5.74, 6) is -0.895. The van der Waals surface area contributed by atoms with Gasteiger partial charge >= 0.3 is 5.97 Å². The zero-order valence-corrected chi connectivity index (χ0v) is 12.1. The minimum Gasteiger partial charge on any atom is -0.478 e. The number of benzene rings is 2. The van der Waals surface area contributed by atoms with Gasteiger partial charge in [0.25, 0.3) is 0 Å². The Morgan fingerprint density at radius 1 is 1.05 bits per heavy atom. The van der Waals surface area contributed by atoms with Crippen LogP contribution in [0.2, 0.25) is 0 Å². The van der Waals surface area contributed by atoms with Crippen LogP contribution >= 0.6 is 0 Å². The van der Waals surface area contributed by atoms with Crippen molar-refractivity contribution in [3.8, 4) is 11.1 Å². The first kappa shape index (κ1) is 16.5. The van der Waals surface area contributed by atoms with Gasteiger partial charge in [0.2, 0.25) is 0 Å². The van der Waals surface area contributed by atoms with Crippen LogP contribution in [0.3, 0.4) is 0 Å². The summed E-state index contributed by atoms with van der Waals surface area (Å²) < 4.78 is 0. The number of nitrogens with zero attached hydrogens (tertiary/aromatic N) is 1. The minimum atomic E-state index is -0.895. The molecule has 2 aromatic rings. The Hall–Kier alpha value is -1.53. The van der Waals surface area contributed by atoms with Crippen molar-refractivity contribution in [3.05, 3.63) is 59.7 Å². The average molecular weight is 262 g/mol. The standard InChI is InChI=1S/C16H17NO2.Li/c1-17(2)11-14-5-3-4-6-15(14)12-7-9-13(10-8-12)16(18)19;/h3-10H,11H2,1-2H3,(H,18,19);. The Balaban J connectivity index is 0.00000200. The number of rotatable bonds is 4. The number of hydrogen-bond donors (Lipinski definition) is 1. The third-order valence-electron chi connectivity index (χ3n) is 2.95. The van der Waals surface area contributed by atoms with E-state index in [2.05, 4.69) is 17.0 Å². The van der Waals surface area contributed by atoms with Gasteiger partial charge in [-0.2, -0.15) is 0 Å². The topological polar surface area (TPSA) is 40.5 Å². The molecule has 0 atom stereocenters. The first-order valence-electron chi connectivity index (χ1n) is 6.14. The first-order valence-corrected chi connectivity index (χ1v) is 6.14. The van der Waals surface area contributed by atoms with Crippen molar-refractivity contribution in [1.82, 2.24) is 4.90 Å². The molecule has 0 amide bonds. The van der Waals surface area contributed by atoms with Crippen molar-refractivity contribution in [1.29, 1.82) is 0 Å². The van der Waals surface area contributed by atoms with E-state index < -0.39 is 5.97 Å². The van der Waals surface area contributed by atoms with Crippen LogP contribution in [0.25, 0.3) is 11.1 Å². The van der Waals surface area contributed by atoms with Crippen LogP contribution in [0.4, 0.5) is 0 Å². The van der Waals surface area contributed by atoms with Crippen LogP contribution in [0.5, 0.6) is 0 Å². The number of hydrogen-bond acceptors (Lipinski definition) is 2. The van der Waals surface area contributed by atoms with Crippen molar-refractivity contribution in [3.63, 3.8) is 0 Å². The van der Waals surface area contributed by atoms with Gasteiger partial charge < -0.3 is 10.0 Å². The molecule has 0 fully saturated rings. The third-order valence-corrected chi connectivity index (χ3v) is 2.95. The minimum absolute atomic E-state index is 0. The van der Waals surface area contributed by atoms with E-state index in [1.807, 2.05) is 38.4 Å². The van der Waals surface area contributed by atoms with Crippen molar-refractivity contribution in [2.75, 3.05) is 14.1 Å². The molecule has 0 spiro atoms. The first-order chi connectivity index (χ1) is 9.08. The largest absolute Gasteiger partial charge is 0.478 e. The van der Waals surface area contributed by atoms with E-state index in [-0.39, 0.29) is 18.9 Å². The molecule has 4 heteroatoms. The van der Waals surface area contributed by atoms with E-state index in [0.717, 1.165) is 17.7 Å². The van der Waals surface area contributed by atoms with Gasteiger partial charge in [-0.25, -0.2) is 4.79 Å². The maximum atomic E-state index is 10.9. The van der Waals surface area contributed by atoms with E-state index in [1.54, 1.807) is 12.1 Å². The van der Waals surface area contributed by atoms with E-state index in [9.17, 15) is 4.79 Å². The second-order valence-corrected chi connectivity index (χ2v) is 4.78. The molecule has 0 aliphatic carbocycles. The fraction of sp³-hybridized carbons (Fsp3) is 0.188. The van der Waals surface area contributed by atoms with Crippen LogP contribution in [0, 0.1) is 0 Å². The average Bonchev–Trinajstić information content (AvgIpc) is 2.39. The molecule has 99 valence electrons. The van der Waals surface area contributed by atoms with Gasteiger partial charge in [-0.1, -0.05) is 36.4 Å². The molecule has 20 heavy (non-hydrogen) atoms. The number of carbonyl (C=O) groups is 1. The van der Waals surface area contributed by atoms with E-state index in [0.29, 0.717) is 5.56 Å². The fourth-order valence-corrected chi connectivity index (χ4v) is 2.07. The summed E-state index contributed by atoms with van der Waals surface area (Å²) in [6.45, 7) is 0.858. The number of carboxylic acid groups (broad SMARTS) is 1. The summed E-state index contributed by atoms with van der Waals surface area (Å²) in [5.41, 5.74) is 3.74. The summed E-state index contributed by atoms with van der Waals surface area (Å²) in [6, 6.07) is 15.2. The van der Waals surface area contributed by atoms with Gasteiger partial charge in [-0.05, 0) is 42.9 Å². The van der Waals surface area contributed by atoms with Gasteiger partial charge in [0, 0.05) is 25.4 Å². The predicted molar refractivity (Wildman–Crippen MR) is 82.0 cm³/mol. The molecule has 0 aromatic heterocycles. The molecule has 1 N–H and O–H groups in total. The Labute approximate surface area is 131 Å². The molecule has 0 heterocycles. The molecule has 2 rings (SSSR count). The maximum Gasteiger partial charge on any atom is 0.335 e. The second-order valence-electron chi connectivity index (χ2n) is 4.78. The van der Waals surface area contributed by atoms with Crippen LogP contribution < -0.4 is 0 Å². The molecule has 1 radical (unpaired) electrons. The Bertz CT molecular complexity index is 579. The normalized spacial score (nSPS) is 10.2. The fourth-order valence-electron chi connectivity index (χ4n) is 2.07. The van der Waals surface area contributed by atoms with Gasteiger partial charge in [0.1, 0.15) is 0 Å². The molecular weight excluding hydrogens is 245 g/mol. The number of carboxylic acids is 1. The zero-order valence-electron chi connectivity index (χ0n) is 12.1. The van der Waals surface area contributed by atoms with Crippen LogP contribution in [-0.4, -0.2) is 48.9 Å². The van der Waals surface area contributed by atoms with Crippen molar-refractivity contribution in [2.45, 2.75) is 6.54 Å². The van der Waals surface area contributed by atoms with Gasteiger partial charge in [0.15, 0.2) is 0 Å². The van der Waals surface area contributed by atoms with E-state index in [1.165, 1.54) is 5.56 Å². The quantitative estimate of drug-likeness (QED) is 0.861. The van der Waals surface area contributed by atoms with E-state index >= 15 is 0 Å². The summed E-state index contributed by atoms with van der Waals surface area (Å²) in [7, 11) is 4.06. The molecule has 0 saturated heterocycles. The monoisotopic (exact) mass is 262 g/mol.